The number of carbonyl (C=O) groups is 1. The van der Waals surface area contributed by atoms with Gasteiger partial charge >= 0.3 is 0 Å². The summed E-state index contributed by atoms with van der Waals surface area (Å²) in [5.41, 5.74) is 1.32. The lowest BCUT2D eigenvalue weighted by Crippen LogP contribution is -2.24. The fourth-order valence-corrected chi connectivity index (χ4v) is 3.68. The number of sulfone groups is 1. The highest BCUT2D eigenvalue weighted by Gasteiger charge is 2.30. The molecule has 1 aromatic carbocycles. The molecule has 1 unspecified atom stereocenters. The number of hydrogen-bond acceptors (Lipinski definition) is 3. The molecule has 1 atom stereocenters. The van der Waals surface area contributed by atoms with Crippen LogP contribution in [0.3, 0.4) is 0 Å². The van der Waals surface area contributed by atoms with Crippen LogP contribution < -0.4 is 4.90 Å². The van der Waals surface area contributed by atoms with Crippen LogP contribution in [0.5, 0.6) is 0 Å². The second-order valence-electron chi connectivity index (χ2n) is 4.77. The summed E-state index contributed by atoms with van der Waals surface area (Å²) < 4.78 is 23.6. The minimum absolute atomic E-state index is 0.00760. The van der Waals surface area contributed by atoms with Crippen molar-refractivity contribution in [3.63, 3.8) is 0 Å². The maximum Gasteiger partial charge on any atom is 0.227 e. The van der Waals surface area contributed by atoms with Crippen molar-refractivity contribution >= 4 is 27.5 Å². The molecule has 0 aromatic heterocycles. The summed E-state index contributed by atoms with van der Waals surface area (Å²) in [6.45, 7) is 4.27. The molecule has 1 saturated heterocycles. The Hall–Kier alpha value is -1.88. The molecule has 3 rings (SSSR count). The number of amides is 1. The van der Waals surface area contributed by atoms with E-state index in [1.165, 1.54) is 5.41 Å². The van der Waals surface area contributed by atoms with E-state index < -0.39 is 9.84 Å². The van der Waals surface area contributed by atoms with E-state index in [-0.39, 0.29) is 16.7 Å². The van der Waals surface area contributed by atoms with E-state index in [1.807, 2.05) is 0 Å². The first-order valence-corrected chi connectivity index (χ1v) is 7.56. The molecule has 1 amide bonds. The fourth-order valence-electron chi connectivity index (χ4n) is 2.45. The van der Waals surface area contributed by atoms with Crippen molar-refractivity contribution in [1.82, 2.24) is 0 Å². The first kappa shape index (κ1) is 12.2. The number of fused-ring (bicyclic) bond motifs is 1. The highest BCUT2D eigenvalue weighted by Crippen LogP contribution is 2.33. The van der Waals surface area contributed by atoms with E-state index in [4.69, 9.17) is 0 Å². The molecule has 0 spiro atoms. The van der Waals surface area contributed by atoms with Gasteiger partial charge in [0.05, 0.1) is 4.90 Å². The van der Waals surface area contributed by atoms with Crippen molar-refractivity contribution < 1.29 is 13.2 Å². The molecule has 98 valence electrons. The Balaban J connectivity index is 2.01. The van der Waals surface area contributed by atoms with Crippen molar-refractivity contribution in [3.8, 4) is 0 Å². The number of rotatable bonds is 2. The van der Waals surface area contributed by atoms with E-state index >= 15 is 0 Å². The topological polar surface area (TPSA) is 54.5 Å². The molecule has 0 N–H and O–H groups in total. The van der Waals surface area contributed by atoms with Crippen molar-refractivity contribution in [2.45, 2.75) is 11.3 Å². The molecule has 1 fully saturated rings. The third-order valence-corrected chi connectivity index (χ3v) is 4.99. The highest BCUT2D eigenvalue weighted by molar-refractivity contribution is 7.94. The minimum atomic E-state index is -3.33. The van der Waals surface area contributed by atoms with Crippen molar-refractivity contribution in [1.29, 1.82) is 0 Å². The van der Waals surface area contributed by atoms with Crippen LogP contribution >= 0.6 is 0 Å². The molecule has 0 bridgehead atoms. The Morgan fingerprint density at radius 1 is 1.37 bits per heavy atom. The summed E-state index contributed by atoms with van der Waals surface area (Å²) in [7, 11) is -3.33. The van der Waals surface area contributed by atoms with Crippen LogP contribution in [0.2, 0.25) is 0 Å². The highest BCUT2D eigenvalue weighted by atomic mass is 32.2. The Bertz CT molecular complexity index is 703. The third kappa shape index (κ3) is 1.90. The van der Waals surface area contributed by atoms with Gasteiger partial charge in [-0.3, -0.25) is 4.79 Å². The third-order valence-electron chi connectivity index (χ3n) is 3.53. The zero-order chi connectivity index (χ0) is 13.6. The van der Waals surface area contributed by atoms with Crippen molar-refractivity contribution in [2.75, 3.05) is 11.4 Å². The largest absolute Gasteiger partial charge is 0.312 e. The summed E-state index contributed by atoms with van der Waals surface area (Å²) in [6.07, 6.45) is 3.78. The zero-order valence-corrected chi connectivity index (χ0v) is 11.1. The predicted octanol–water partition coefficient (Wildman–Crippen LogP) is 1.98. The van der Waals surface area contributed by atoms with Crippen LogP contribution in [-0.4, -0.2) is 20.9 Å². The van der Waals surface area contributed by atoms with Crippen LogP contribution in [0, 0.1) is 5.92 Å². The smallest absolute Gasteiger partial charge is 0.227 e. The van der Waals surface area contributed by atoms with Crippen LogP contribution in [0.4, 0.5) is 5.69 Å². The summed E-state index contributed by atoms with van der Waals surface area (Å²) >= 11 is 0. The fraction of sp³-hybridized carbons (Fsp3) is 0.214. The Morgan fingerprint density at radius 2 is 2.16 bits per heavy atom. The number of anilines is 1. The van der Waals surface area contributed by atoms with Crippen LogP contribution in [0.1, 0.15) is 12.0 Å². The van der Waals surface area contributed by atoms with Gasteiger partial charge in [0.15, 0.2) is 0 Å². The normalized spacial score (nSPS) is 23.7. The van der Waals surface area contributed by atoms with E-state index in [1.54, 1.807) is 35.3 Å². The van der Waals surface area contributed by atoms with Gasteiger partial charge in [-0.2, -0.15) is 0 Å². The summed E-state index contributed by atoms with van der Waals surface area (Å²) in [5.74, 6) is 0.142. The number of benzene rings is 1. The Kier molecular flexibility index (Phi) is 2.60. The van der Waals surface area contributed by atoms with E-state index in [0.717, 1.165) is 0 Å². The van der Waals surface area contributed by atoms with Gasteiger partial charge < -0.3 is 4.90 Å². The monoisotopic (exact) mass is 275 g/mol. The number of hydrogen-bond donors (Lipinski definition) is 0. The second kappa shape index (κ2) is 4.06. The zero-order valence-electron chi connectivity index (χ0n) is 10.2. The molecule has 0 saturated carbocycles. The van der Waals surface area contributed by atoms with E-state index in [0.29, 0.717) is 24.2 Å². The van der Waals surface area contributed by atoms with Crippen molar-refractivity contribution in [2.24, 2.45) is 5.92 Å². The number of carbonyl (C=O) groups excluding carboxylic acids is 1. The Labute approximate surface area is 112 Å². The molecule has 1 aromatic rings. The average Bonchev–Trinajstić information content (AvgIpc) is 2.90. The lowest BCUT2D eigenvalue weighted by molar-refractivity contribution is -0.117. The summed E-state index contributed by atoms with van der Waals surface area (Å²) in [5, 5.41) is 1.19. The molecule has 2 aliphatic heterocycles. The van der Waals surface area contributed by atoms with Crippen LogP contribution in [-0.2, 0) is 14.6 Å². The predicted molar refractivity (Wildman–Crippen MR) is 73.3 cm³/mol. The Morgan fingerprint density at radius 3 is 2.84 bits per heavy atom. The minimum Gasteiger partial charge on any atom is -0.312 e. The van der Waals surface area contributed by atoms with Gasteiger partial charge in [-0.1, -0.05) is 12.1 Å². The van der Waals surface area contributed by atoms with Gasteiger partial charge in [0.2, 0.25) is 15.7 Å². The lowest BCUT2D eigenvalue weighted by atomic mass is 10.1. The second-order valence-corrected chi connectivity index (χ2v) is 6.58. The average molecular weight is 275 g/mol. The van der Waals surface area contributed by atoms with Gasteiger partial charge in [0.1, 0.15) is 0 Å². The molecular weight excluding hydrogens is 262 g/mol. The van der Waals surface area contributed by atoms with Gasteiger partial charge in [-0.25, -0.2) is 8.42 Å². The summed E-state index contributed by atoms with van der Waals surface area (Å²) in [4.78, 5) is 13.8. The van der Waals surface area contributed by atoms with Crippen LogP contribution in [0.15, 0.2) is 41.2 Å². The molecule has 0 aliphatic carbocycles. The molecule has 19 heavy (non-hydrogen) atoms. The van der Waals surface area contributed by atoms with E-state index in [2.05, 4.69) is 6.58 Å². The van der Waals surface area contributed by atoms with Gasteiger partial charge in [-0.15, -0.1) is 6.58 Å². The van der Waals surface area contributed by atoms with Crippen LogP contribution in [0.25, 0.3) is 6.08 Å². The maximum atomic E-state index is 11.9. The van der Waals surface area contributed by atoms with Crippen molar-refractivity contribution in [3.05, 3.63) is 41.8 Å². The maximum absolute atomic E-state index is 11.9. The van der Waals surface area contributed by atoms with Gasteiger partial charge in [-0.05, 0) is 23.8 Å². The quantitative estimate of drug-likeness (QED) is 0.776. The molecule has 2 heterocycles. The first-order valence-electron chi connectivity index (χ1n) is 6.01. The lowest BCUT2D eigenvalue weighted by Gasteiger charge is -2.17. The SMILES string of the molecule is C=CC1CC(=O)N(c2ccc3c(c2)S(=O)(=O)C=C3)C1. The first-order chi connectivity index (χ1) is 9.01. The molecule has 4 nitrogen and oxygen atoms in total. The molecule has 0 radical (unpaired) electrons. The van der Waals surface area contributed by atoms with E-state index in [9.17, 15) is 13.2 Å². The molecule has 5 heteroatoms. The molecular formula is C14H13NO3S. The molecule has 2 aliphatic rings. The standard InChI is InChI=1S/C14H13NO3S/c1-2-10-7-14(16)15(9-10)12-4-3-11-5-6-19(17,18)13(11)8-12/h2-6,8,10H,1,7,9H2. The van der Waals surface area contributed by atoms with Gasteiger partial charge in [0.25, 0.3) is 0 Å². The number of nitrogens with zero attached hydrogens (tertiary/aromatic N) is 1. The van der Waals surface area contributed by atoms with Gasteiger partial charge in [0, 0.05) is 30.0 Å². The summed E-state index contributed by atoms with van der Waals surface area (Å²) in [6, 6.07) is 5.10.